The van der Waals surface area contributed by atoms with E-state index in [-0.39, 0.29) is 5.97 Å². The van der Waals surface area contributed by atoms with Crippen LogP contribution in [0.2, 0.25) is 0 Å². The van der Waals surface area contributed by atoms with Crippen LogP contribution >= 0.6 is 0 Å². The van der Waals surface area contributed by atoms with Crippen LogP contribution < -0.4 is 0 Å². The largest absolute Gasteiger partial charge is 0.465 e. The number of ether oxygens (including phenoxy) is 1. The highest BCUT2D eigenvalue weighted by Crippen LogP contribution is 2.00. The van der Waals surface area contributed by atoms with Crippen molar-refractivity contribution < 1.29 is 9.53 Å². The van der Waals surface area contributed by atoms with E-state index in [1.165, 1.54) is 0 Å². The van der Waals surface area contributed by atoms with Gasteiger partial charge in [-0.25, -0.2) is 0 Å². The summed E-state index contributed by atoms with van der Waals surface area (Å²) in [6.07, 6.45) is 6.48. The molecule has 0 amide bonds. The maximum absolute atomic E-state index is 11.4. The van der Waals surface area contributed by atoms with E-state index >= 15 is 0 Å². The molecule has 0 atom stereocenters. The Bertz CT molecular complexity index is 387. The summed E-state index contributed by atoms with van der Waals surface area (Å²) in [6, 6.07) is 0. The van der Waals surface area contributed by atoms with E-state index in [0.29, 0.717) is 19.7 Å². The third-order valence-corrected chi connectivity index (χ3v) is 2.52. The fourth-order valence-electron chi connectivity index (χ4n) is 1.69. The summed E-state index contributed by atoms with van der Waals surface area (Å²) in [4.78, 5) is 13.4. The molecule has 0 saturated carbocycles. The number of hydrogen-bond donors (Lipinski definition) is 0. The quantitative estimate of drug-likeness (QED) is 0.511. The summed E-state index contributed by atoms with van der Waals surface area (Å²) < 4.78 is 6.72. The molecule has 0 spiro atoms. The van der Waals surface area contributed by atoms with Crippen LogP contribution in [0.5, 0.6) is 0 Å². The van der Waals surface area contributed by atoms with Gasteiger partial charge in [-0.05, 0) is 18.9 Å². The van der Waals surface area contributed by atoms with E-state index in [4.69, 9.17) is 4.74 Å². The first-order chi connectivity index (χ1) is 8.65. The molecule has 18 heavy (non-hydrogen) atoms. The molecular formula is C13H21N3O2. The zero-order valence-electron chi connectivity index (χ0n) is 11.1. The number of esters is 1. The summed E-state index contributed by atoms with van der Waals surface area (Å²) in [5, 5.41) is 4.12. The average molecular weight is 251 g/mol. The van der Waals surface area contributed by atoms with E-state index in [9.17, 15) is 4.79 Å². The van der Waals surface area contributed by atoms with Crippen LogP contribution in [0.4, 0.5) is 0 Å². The Labute approximate surface area is 108 Å². The average Bonchev–Trinajstić information content (AvgIpc) is 2.73. The van der Waals surface area contributed by atoms with E-state index in [2.05, 4.69) is 11.7 Å². The molecule has 0 aliphatic heterocycles. The summed E-state index contributed by atoms with van der Waals surface area (Å²) in [7, 11) is 1.89. The first-order valence-electron chi connectivity index (χ1n) is 6.12. The second-order valence-electron chi connectivity index (χ2n) is 4.10. The Kier molecular flexibility index (Phi) is 6.14. The first-order valence-corrected chi connectivity index (χ1v) is 6.12. The molecule has 0 radical (unpaired) electrons. The summed E-state index contributed by atoms with van der Waals surface area (Å²) in [5.41, 5.74) is 1.16. The fraction of sp³-hybridized carbons (Fsp3) is 0.538. The molecular weight excluding hydrogens is 230 g/mol. The Morgan fingerprint density at radius 1 is 1.67 bits per heavy atom. The highest BCUT2D eigenvalue weighted by Gasteiger charge is 2.10. The molecule has 0 aliphatic rings. The lowest BCUT2D eigenvalue weighted by molar-refractivity contribution is -0.144. The molecule has 5 heteroatoms. The van der Waals surface area contributed by atoms with Gasteiger partial charge in [-0.2, -0.15) is 5.10 Å². The van der Waals surface area contributed by atoms with Gasteiger partial charge in [0.05, 0.1) is 19.3 Å². The molecule has 1 aromatic rings. The summed E-state index contributed by atoms with van der Waals surface area (Å²) >= 11 is 0. The predicted octanol–water partition coefficient (Wildman–Crippen LogP) is 1.01. The van der Waals surface area contributed by atoms with Gasteiger partial charge in [0.25, 0.3) is 0 Å². The molecule has 0 aliphatic carbocycles. The Balaban J connectivity index is 2.42. The van der Waals surface area contributed by atoms with Crippen molar-refractivity contribution in [2.45, 2.75) is 13.3 Å². The summed E-state index contributed by atoms with van der Waals surface area (Å²) in [6.45, 7) is 7.71. The standard InChI is InChI=1S/C13H21N3O2/c1-4-7-16(11-13(17)18-5-2)8-6-12-9-14-15(3)10-12/h4,9-10H,1,5-8,11H2,2-3H3. The van der Waals surface area contributed by atoms with Gasteiger partial charge in [0, 0.05) is 26.3 Å². The van der Waals surface area contributed by atoms with E-state index in [0.717, 1.165) is 18.5 Å². The van der Waals surface area contributed by atoms with Crippen LogP contribution in [-0.2, 0) is 23.0 Å². The fourth-order valence-corrected chi connectivity index (χ4v) is 1.69. The maximum Gasteiger partial charge on any atom is 0.320 e. The minimum Gasteiger partial charge on any atom is -0.465 e. The lowest BCUT2D eigenvalue weighted by Crippen LogP contribution is -2.32. The van der Waals surface area contributed by atoms with Crippen molar-refractivity contribution in [3.63, 3.8) is 0 Å². The number of aromatic nitrogens is 2. The van der Waals surface area contributed by atoms with Gasteiger partial charge in [-0.3, -0.25) is 14.4 Å². The van der Waals surface area contributed by atoms with Crippen LogP contribution in [-0.4, -0.2) is 46.9 Å². The Morgan fingerprint density at radius 2 is 2.44 bits per heavy atom. The molecule has 100 valence electrons. The van der Waals surface area contributed by atoms with Crippen molar-refractivity contribution in [3.05, 3.63) is 30.6 Å². The van der Waals surface area contributed by atoms with Crippen molar-refractivity contribution in [3.8, 4) is 0 Å². The van der Waals surface area contributed by atoms with Crippen molar-refractivity contribution in [2.24, 2.45) is 7.05 Å². The van der Waals surface area contributed by atoms with Crippen molar-refractivity contribution in [1.82, 2.24) is 14.7 Å². The van der Waals surface area contributed by atoms with Crippen LogP contribution in [0.25, 0.3) is 0 Å². The summed E-state index contributed by atoms with van der Waals surface area (Å²) in [5.74, 6) is -0.189. The number of nitrogens with zero attached hydrogens (tertiary/aromatic N) is 3. The van der Waals surface area contributed by atoms with E-state index in [1.54, 1.807) is 10.8 Å². The third-order valence-electron chi connectivity index (χ3n) is 2.52. The molecule has 0 saturated heterocycles. The van der Waals surface area contributed by atoms with Gasteiger partial charge < -0.3 is 4.74 Å². The van der Waals surface area contributed by atoms with Crippen molar-refractivity contribution in [2.75, 3.05) is 26.2 Å². The van der Waals surface area contributed by atoms with Crippen LogP contribution in [0.15, 0.2) is 25.0 Å². The normalized spacial score (nSPS) is 10.6. The minimum atomic E-state index is -0.189. The van der Waals surface area contributed by atoms with Gasteiger partial charge >= 0.3 is 5.97 Å². The van der Waals surface area contributed by atoms with Gasteiger partial charge in [-0.15, -0.1) is 6.58 Å². The molecule has 1 aromatic heterocycles. The monoisotopic (exact) mass is 251 g/mol. The zero-order chi connectivity index (χ0) is 13.4. The van der Waals surface area contributed by atoms with Crippen LogP contribution in [0.3, 0.4) is 0 Å². The second-order valence-corrected chi connectivity index (χ2v) is 4.10. The van der Waals surface area contributed by atoms with Crippen molar-refractivity contribution >= 4 is 5.97 Å². The van der Waals surface area contributed by atoms with Gasteiger partial charge in [0.2, 0.25) is 0 Å². The molecule has 0 N–H and O–H groups in total. The number of hydrogen-bond acceptors (Lipinski definition) is 4. The minimum absolute atomic E-state index is 0.189. The second kappa shape index (κ2) is 7.66. The smallest absolute Gasteiger partial charge is 0.320 e. The number of carbonyl (C=O) groups is 1. The van der Waals surface area contributed by atoms with E-state index < -0.39 is 0 Å². The SMILES string of the molecule is C=CCN(CCc1cnn(C)c1)CC(=O)OCC. The highest BCUT2D eigenvalue weighted by molar-refractivity contribution is 5.71. The third kappa shape index (κ3) is 5.14. The molecule has 0 unspecified atom stereocenters. The lowest BCUT2D eigenvalue weighted by atomic mass is 10.2. The van der Waals surface area contributed by atoms with Gasteiger partial charge in [0.15, 0.2) is 0 Å². The molecule has 0 fully saturated rings. The highest BCUT2D eigenvalue weighted by atomic mass is 16.5. The number of carbonyl (C=O) groups excluding carboxylic acids is 1. The first kappa shape index (κ1) is 14.4. The van der Waals surface area contributed by atoms with Gasteiger partial charge in [0.1, 0.15) is 0 Å². The van der Waals surface area contributed by atoms with E-state index in [1.807, 2.05) is 31.3 Å². The molecule has 1 heterocycles. The molecule has 0 bridgehead atoms. The Morgan fingerprint density at radius 3 is 3.00 bits per heavy atom. The number of aryl methyl sites for hydroxylation is 1. The van der Waals surface area contributed by atoms with Gasteiger partial charge in [-0.1, -0.05) is 6.08 Å². The number of rotatable bonds is 8. The van der Waals surface area contributed by atoms with Crippen LogP contribution in [0.1, 0.15) is 12.5 Å². The maximum atomic E-state index is 11.4. The van der Waals surface area contributed by atoms with Crippen molar-refractivity contribution in [1.29, 1.82) is 0 Å². The molecule has 1 rings (SSSR count). The molecule has 5 nitrogen and oxygen atoms in total. The predicted molar refractivity (Wildman–Crippen MR) is 70.2 cm³/mol. The van der Waals surface area contributed by atoms with Crippen LogP contribution in [0, 0.1) is 0 Å². The lowest BCUT2D eigenvalue weighted by Gasteiger charge is -2.18. The topological polar surface area (TPSA) is 47.4 Å². The zero-order valence-corrected chi connectivity index (χ0v) is 11.1. The molecule has 0 aromatic carbocycles. The Hall–Kier alpha value is -1.62.